The van der Waals surface area contributed by atoms with Gasteiger partial charge in [-0.2, -0.15) is 23.5 Å². The van der Waals surface area contributed by atoms with E-state index in [0.29, 0.717) is 4.57 Å². The first-order valence-corrected chi connectivity index (χ1v) is 12.1. The number of sulfonamides is 1. The highest BCUT2D eigenvalue weighted by atomic mass is 32.2. The predicted molar refractivity (Wildman–Crippen MR) is 125 cm³/mol. The van der Waals surface area contributed by atoms with Gasteiger partial charge in [-0.05, 0) is 24.3 Å². The maximum atomic E-state index is 13.8. The maximum absolute atomic E-state index is 13.8. The topological polar surface area (TPSA) is 195 Å². The van der Waals surface area contributed by atoms with Crippen LogP contribution in [0, 0.1) is 11.3 Å². The van der Waals surface area contributed by atoms with Crippen molar-refractivity contribution in [3.63, 3.8) is 0 Å². The van der Waals surface area contributed by atoms with Crippen LogP contribution in [0.15, 0.2) is 44.2 Å². The van der Waals surface area contributed by atoms with Crippen molar-refractivity contribution in [1.82, 2.24) is 19.9 Å². The first-order chi connectivity index (χ1) is 17.7. The lowest BCUT2D eigenvalue weighted by molar-refractivity contribution is -0.137. The fraction of sp³-hybridized carbons (Fsp3) is 0.333. The van der Waals surface area contributed by atoms with Gasteiger partial charge in [-0.3, -0.25) is 19.0 Å². The lowest BCUT2D eigenvalue weighted by atomic mass is 10.1. The Balaban J connectivity index is 2.44. The smallest absolute Gasteiger partial charge is 0.420 e. The summed E-state index contributed by atoms with van der Waals surface area (Å²) in [6.07, 6.45) is -5.27. The fourth-order valence-corrected chi connectivity index (χ4v) is 4.06. The second kappa shape index (κ2) is 12.3. The highest BCUT2D eigenvalue weighted by Gasteiger charge is 2.41. The van der Waals surface area contributed by atoms with Crippen molar-refractivity contribution in [3.8, 4) is 11.9 Å². The average Bonchev–Trinajstić information content (AvgIpc) is 2.82. The molecule has 2 aromatic rings. The number of alkyl halides is 3. The van der Waals surface area contributed by atoms with Gasteiger partial charge in [0.2, 0.25) is 27.7 Å². The Morgan fingerprint density at radius 3 is 2.16 bits per heavy atom. The minimum absolute atomic E-state index is 0.0452. The molecule has 2 rings (SSSR count). The number of benzene rings is 1. The number of nitrogens with zero attached hydrogens (tertiary/aromatic N) is 4. The van der Waals surface area contributed by atoms with E-state index in [4.69, 9.17) is 0 Å². The SMILES string of the molecule is CC(=O)NCCNS(=O)(=O)c1ccc(/N=N/c2c(C(F)(F)F)c(C#N)c(=O)n(CCNC(C)=O)c2O)cc1. The number of pyridine rings is 1. The molecule has 0 aliphatic heterocycles. The number of azo groups is 1. The van der Waals surface area contributed by atoms with E-state index in [-0.39, 0.29) is 36.1 Å². The zero-order chi connectivity index (χ0) is 28.7. The van der Waals surface area contributed by atoms with Crippen molar-refractivity contribution in [1.29, 1.82) is 5.26 Å². The van der Waals surface area contributed by atoms with Gasteiger partial charge in [-0.15, -0.1) is 5.11 Å². The quantitative estimate of drug-likeness (QED) is 0.250. The third-order valence-electron chi connectivity index (χ3n) is 4.72. The van der Waals surface area contributed by atoms with E-state index in [1.54, 1.807) is 0 Å². The fourth-order valence-electron chi connectivity index (χ4n) is 3.03. The predicted octanol–water partition coefficient (Wildman–Crippen LogP) is 1.41. The summed E-state index contributed by atoms with van der Waals surface area (Å²) in [5, 5.41) is 31.4. The molecule has 0 fully saturated rings. The molecule has 1 aromatic carbocycles. The molecule has 38 heavy (non-hydrogen) atoms. The number of nitrogens with one attached hydrogen (secondary N) is 3. The molecule has 0 bridgehead atoms. The number of nitriles is 1. The molecular weight excluding hydrogens is 535 g/mol. The number of amides is 2. The molecule has 13 nitrogen and oxygen atoms in total. The molecule has 0 saturated heterocycles. The number of hydrogen-bond acceptors (Lipinski definition) is 9. The lowest BCUT2D eigenvalue weighted by Gasteiger charge is -2.16. The minimum atomic E-state index is -5.27. The van der Waals surface area contributed by atoms with Gasteiger partial charge in [-0.25, -0.2) is 13.1 Å². The summed E-state index contributed by atoms with van der Waals surface area (Å²) < 4.78 is 68.6. The van der Waals surface area contributed by atoms with Crippen LogP contribution < -0.4 is 20.9 Å². The van der Waals surface area contributed by atoms with Crippen molar-refractivity contribution >= 4 is 33.2 Å². The van der Waals surface area contributed by atoms with Gasteiger partial charge in [-0.1, -0.05) is 0 Å². The van der Waals surface area contributed by atoms with E-state index in [1.165, 1.54) is 13.0 Å². The molecule has 0 saturated carbocycles. The van der Waals surface area contributed by atoms with E-state index in [1.807, 2.05) is 0 Å². The summed E-state index contributed by atoms with van der Waals surface area (Å²) in [5.41, 5.74) is -5.91. The molecule has 0 unspecified atom stereocenters. The van der Waals surface area contributed by atoms with Crippen molar-refractivity contribution in [2.75, 3.05) is 19.6 Å². The number of carbonyl (C=O) groups excluding carboxylic acids is 2. The van der Waals surface area contributed by atoms with Crippen LogP contribution in [0.2, 0.25) is 0 Å². The first-order valence-electron chi connectivity index (χ1n) is 10.7. The van der Waals surface area contributed by atoms with Crippen molar-refractivity contribution in [3.05, 3.63) is 45.7 Å². The molecule has 0 radical (unpaired) electrons. The van der Waals surface area contributed by atoms with Gasteiger partial charge in [0.05, 0.1) is 10.6 Å². The van der Waals surface area contributed by atoms with E-state index in [2.05, 4.69) is 25.6 Å². The standard InChI is InChI=1S/C21H22F3N7O6S/c1-12(32)26-7-8-28-38(36,37)15-5-3-14(4-6-15)29-30-18-17(21(22,23)24)16(11-25)19(34)31(20(18)35)10-9-27-13(2)33/h3-6,28,35H,7-10H2,1-2H3,(H,26,32)(H,27,33)/b30-29+. The Labute approximate surface area is 214 Å². The minimum Gasteiger partial charge on any atom is -0.493 e. The molecular formula is C21H22F3N7O6S. The van der Waals surface area contributed by atoms with Crippen molar-refractivity contribution in [2.24, 2.45) is 10.2 Å². The van der Waals surface area contributed by atoms with Gasteiger partial charge in [0, 0.05) is 40.0 Å². The molecule has 0 aliphatic rings. The van der Waals surface area contributed by atoms with Crippen LogP contribution in [0.3, 0.4) is 0 Å². The third-order valence-corrected chi connectivity index (χ3v) is 6.20. The van der Waals surface area contributed by atoms with E-state index in [9.17, 15) is 46.3 Å². The van der Waals surface area contributed by atoms with Crippen LogP contribution in [-0.4, -0.2) is 49.5 Å². The van der Waals surface area contributed by atoms with Crippen LogP contribution in [0.4, 0.5) is 24.5 Å². The molecule has 1 heterocycles. The van der Waals surface area contributed by atoms with E-state index >= 15 is 0 Å². The Morgan fingerprint density at radius 2 is 1.63 bits per heavy atom. The van der Waals surface area contributed by atoms with Gasteiger partial charge in [0.15, 0.2) is 5.69 Å². The molecule has 1 aromatic heterocycles. The Hall–Kier alpha value is -4.30. The third kappa shape index (κ3) is 7.60. The maximum Gasteiger partial charge on any atom is 0.420 e. The summed E-state index contributed by atoms with van der Waals surface area (Å²) in [5.74, 6) is -2.08. The molecule has 2 amide bonds. The second-order valence-electron chi connectivity index (χ2n) is 7.55. The van der Waals surface area contributed by atoms with Crippen molar-refractivity contribution < 1.29 is 36.3 Å². The number of rotatable bonds is 10. The van der Waals surface area contributed by atoms with E-state index < -0.39 is 56.9 Å². The highest BCUT2D eigenvalue weighted by molar-refractivity contribution is 7.89. The summed E-state index contributed by atoms with van der Waals surface area (Å²) in [4.78, 5) is 34.2. The van der Waals surface area contributed by atoms with Gasteiger partial charge < -0.3 is 15.7 Å². The molecule has 0 aliphatic carbocycles. The number of aromatic hydroxyl groups is 1. The molecule has 4 N–H and O–H groups in total. The van der Waals surface area contributed by atoms with Gasteiger partial charge in [0.1, 0.15) is 17.2 Å². The number of carbonyl (C=O) groups is 2. The largest absolute Gasteiger partial charge is 0.493 e. The number of aromatic nitrogens is 1. The summed E-state index contributed by atoms with van der Waals surface area (Å²) >= 11 is 0. The normalized spacial score (nSPS) is 11.8. The summed E-state index contributed by atoms with van der Waals surface area (Å²) in [6.45, 7) is 1.66. The summed E-state index contributed by atoms with van der Waals surface area (Å²) in [6, 6.07) is 5.60. The zero-order valence-electron chi connectivity index (χ0n) is 20.0. The van der Waals surface area contributed by atoms with Crippen molar-refractivity contribution in [2.45, 2.75) is 31.5 Å². The second-order valence-corrected chi connectivity index (χ2v) is 9.31. The molecule has 0 atom stereocenters. The lowest BCUT2D eigenvalue weighted by Crippen LogP contribution is -2.33. The van der Waals surface area contributed by atoms with E-state index in [0.717, 1.165) is 31.2 Å². The molecule has 204 valence electrons. The Bertz CT molecular complexity index is 1450. The van der Waals surface area contributed by atoms with Crippen LogP contribution in [0.25, 0.3) is 0 Å². The molecule has 17 heteroatoms. The van der Waals surface area contributed by atoms with Gasteiger partial charge in [0.25, 0.3) is 5.56 Å². The van der Waals surface area contributed by atoms with Crippen LogP contribution in [0.1, 0.15) is 25.0 Å². The Morgan fingerprint density at radius 1 is 1.05 bits per heavy atom. The van der Waals surface area contributed by atoms with Crippen LogP contribution in [-0.2, 0) is 32.3 Å². The first kappa shape index (κ1) is 29.9. The number of halogens is 3. The Kier molecular flexibility index (Phi) is 9.68. The zero-order valence-corrected chi connectivity index (χ0v) is 20.8. The molecule has 0 spiro atoms. The van der Waals surface area contributed by atoms with Crippen LogP contribution >= 0.6 is 0 Å². The number of hydrogen-bond donors (Lipinski definition) is 4. The van der Waals surface area contributed by atoms with Crippen LogP contribution in [0.5, 0.6) is 5.88 Å². The van der Waals surface area contributed by atoms with Gasteiger partial charge >= 0.3 is 6.18 Å². The summed E-state index contributed by atoms with van der Waals surface area (Å²) in [7, 11) is -3.98. The average molecular weight is 558 g/mol. The monoisotopic (exact) mass is 557 g/mol. The highest BCUT2D eigenvalue weighted by Crippen LogP contribution is 2.42.